The van der Waals surface area contributed by atoms with Gasteiger partial charge in [0.1, 0.15) is 6.23 Å². The van der Waals surface area contributed by atoms with E-state index < -0.39 is 0 Å². The van der Waals surface area contributed by atoms with Crippen LogP contribution in [0.25, 0.3) is 0 Å². The molecule has 2 nitrogen and oxygen atoms in total. The van der Waals surface area contributed by atoms with E-state index >= 15 is 0 Å². The van der Waals surface area contributed by atoms with Crippen LogP contribution in [0.2, 0.25) is 0 Å². The fraction of sp³-hybridized carbons (Fsp3) is 0.364. The number of hydrogen-bond donors (Lipinski definition) is 1. The quantitative estimate of drug-likeness (QED) is 0.365. The fourth-order valence-corrected chi connectivity index (χ4v) is 1.16. The monoisotopic (exact) mass is 305 g/mol. The van der Waals surface area contributed by atoms with Gasteiger partial charge in [0.2, 0.25) is 0 Å². The van der Waals surface area contributed by atoms with Gasteiger partial charge < -0.3 is 4.74 Å². The lowest BCUT2D eigenvalue weighted by Crippen LogP contribution is -2.28. The first-order valence-electron chi connectivity index (χ1n) is 4.29. The summed E-state index contributed by atoms with van der Waals surface area (Å²) in [5.74, 6) is 0. The maximum absolute atomic E-state index is 5.24. The van der Waals surface area contributed by atoms with Crippen LogP contribution in [0.1, 0.15) is 6.92 Å². The average Bonchev–Trinajstić information content (AvgIpc) is 2.23. The number of halogens is 1. The van der Waals surface area contributed by atoms with Gasteiger partial charge in [0.05, 0.1) is 3.58 Å². The first kappa shape index (κ1) is 13.7. The largest absolute Gasteiger partial charge is 0.362 e. The van der Waals surface area contributed by atoms with E-state index in [0.29, 0.717) is 0 Å². The summed E-state index contributed by atoms with van der Waals surface area (Å²) in [6, 6.07) is 0. The molecule has 0 aromatic rings. The number of methoxy groups -OCH3 is 1. The van der Waals surface area contributed by atoms with E-state index in [9.17, 15) is 0 Å². The minimum absolute atomic E-state index is 0.0646. The van der Waals surface area contributed by atoms with E-state index in [4.69, 9.17) is 4.74 Å². The summed E-state index contributed by atoms with van der Waals surface area (Å²) in [5.41, 5.74) is 3.88. The zero-order valence-electron chi connectivity index (χ0n) is 8.80. The molecule has 14 heavy (non-hydrogen) atoms. The van der Waals surface area contributed by atoms with Crippen molar-refractivity contribution in [2.45, 2.75) is 13.2 Å². The summed E-state index contributed by atoms with van der Waals surface area (Å²) in [7, 11) is 3.53. The Morgan fingerprint density at radius 1 is 1.57 bits per heavy atom. The number of allylic oxidation sites excluding steroid dienone is 3. The van der Waals surface area contributed by atoms with Crippen LogP contribution in [-0.2, 0) is 4.74 Å². The molecule has 0 saturated heterocycles. The highest BCUT2D eigenvalue weighted by atomic mass is 127. The Hall–Kier alpha value is -0.350. The Bertz CT molecular complexity index is 271. The summed E-state index contributed by atoms with van der Waals surface area (Å²) in [4.78, 5) is 0. The topological polar surface area (TPSA) is 21.3 Å². The molecule has 0 saturated carbocycles. The predicted molar refractivity (Wildman–Crippen MR) is 69.4 cm³/mol. The lowest BCUT2D eigenvalue weighted by atomic mass is 10.2. The van der Waals surface area contributed by atoms with E-state index in [1.54, 1.807) is 7.11 Å². The van der Waals surface area contributed by atoms with Crippen LogP contribution in [0, 0.1) is 0 Å². The van der Waals surface area contributed by atoms with Crippen LogP contribution in [0.4, 0.5) is 0 Å². The lowest BCUT2D eigenvalue weighted by Gasteiger charge is -2.14. The Morgan fingerprint density at radius 2 is 2.21 bits per heavy atom. The van der Waals surface area contributed by atoms with Gasteiger partial charge in [-0.1, -0.05) is 18.7 Å². The Kier molecular flexibility index (Phi) is 7.80. The van der Waals surface area contributed by atoms with Gasteiger partial charge in [-0.2, -0.15) is 0 Å². The third kappa shape index (κ3) is 4.77. The van der Waals surface area contributed by atoms with Crippen molar-refractivity contribution in [1.29, 1.82) is 0 Å². The molecule has 78 valence electrons. The Labute approximate surface area is 99.6 Å². The van der Waals surface area contributed by atoms with Gasteiger partial charge in [-0.05, 0) is 48.2 Å². The van der Waals surface area contributed by atoms with Crippen molar-refractivity contribution in [2.75, 3.05) is 14.2 Å². The molecule has 0 fully saturated rings. The van der Waals surface area contributed by atoms with Gasteiger partial charge >= 0.3 is 0 Å². The molecule has 0 aliphatic carbocycles. The summed E-state index contributed by atoms with van der Waals surface area (Å²) < 4.78 is 6.22. The van der Waals surface area contributed by atoms with Crippen LogP contribution in [0.3, 0.4) is 0 Å². The molecule has 0 rings (SSSR count). The minimum Gasteiger partial charge on any atom is -0.362 e. The molecule has 1 atom stereocenters. The molecule has 0 aliphatic heterocycles. The zero-order chi connectivity index (χ0) is 11.0. The van der Waals surface area contributed by atoms with Crippen LogP contribution >= 0.6 is 22.6 Å². The molecule has 0 heterocycles. The smallest absolute Gasteiger partial charge is 0.133 e. The highest BCUT2D eigenvalue weighted by Gasteiger charge is 2.05. The van der Waals surface area contributed by atoms with E-state index in [1.807, 2.05) is 32.2 Å². The summed E-state index contributed by atoms with van der Waals surface area (Å²) >= 11 is 2.17. The molecule has 0 amide bonds. The minimum atomic E-state index is -0.0646. The molecule has 0 radical (unpaired) electrons. The number of ether oxygens (including phenoxy) is 1. The highest BCUT2D eigenvalue weighted by Crippen LogP contribution is 2.10. The zero-order valence-corrected chi connectivity index (χ0v) is 11.0. The summed E-state index contributed by atoms with van der Waals surface area (Å²) in [6.07, 6.45) is 5.88. The Morgan fingerprint density at radius 3 is 2.57 bits per heavy atom. The lowest BCUT2D eigenvalue weighted by molar-refractivity contribution is 0.113. The van der Waals surface area contributed by atoms with Crippen LogP contribution in [0.5, 0.6) is 0 Å². The number of nitrogens with one attached hydrogen (secondary N) is 1. The van der Waals surface area contributed by atoms with Crippen LogP contribution < -0.4 is 5.32 Å². The second-order valence-corrected chi connectivity index (χ2v) is 3.71. The van der Waals surface area contributed by atoms with Crippen molar-refractivity contribution < 1.29 is 4.74 Å². The van der Waals surface area contributed by atoms with Gasteiger partial charge in [0.15, 0.2) is 0 Å². The van der Waals surface area contributed by atoms with E-state index in [0.717, 1.165) is 9.15 Å². The van der Waals surface area contributed by atoms with Gasteiger partial charge in [-0.25, -0.2) is 0 Å². The molecule has 1 N–H and O–H groups in total. The van der Waals surface area contributed by atoms with E-state index in [2.05, 4.69) is 40.2 Å². The third-order valence-electron chi connectivity index (χ3n) is 1.72. The second kappa shape index (κ2) is 8.00. The third-order valence-corrected chi connectivity index (χ3v) is 2.47. The van der Waals surface area contributed by atoms with Crippen LogP contribution in [0.15, 0.2) is 39.7 Å². The molecular weight excluding hydrogens is 289 g/mol. The van der Waals surface area contributed by atoms with Crippen molar-refractivity contribution in [2.24, 2.45) is 0 Å². The van der Waals surface area contributed by atoms with E-state index in [1.165, 1.54) is 0 Å². The van der Waals surface area contributed by atoms with E-state index in [-0.39, 0.29) is 6.23 Å². The van der Waals surface area contributed by atoms with Gasteiger partial charge in [-0.3, -0.25) is 5.32 Å². The SMILES string of the molecule is C=C=C(I)/C=C\C(=C/C)C(NC)OC. The summed E-state index contributed by atoms with van der Waals surface area (Å²) in [6.45, 7) is 5.54. The molecular formula is C11H16INO. The van der Waals surface area contributed by atoms with Crippen molar-refractivity contribution in [1.82, 2.24) is 5.32 Å². The average molecular weight is 305 g/mol. The molecule has 0 aromatic carbocycles. The highest BCUT2D eigenvalue weighted by molar-refractivity contribution is 14.1. The number of hydrogen-bond acceptors (Lipinski definition) is 2. The first-order chi connectivity index (χ1) is 6.69. The molecule has 1 unspecified atom stereocenters. The van der Waals surface area contributed by atoms with Crippen molar-refractivity contribution in [3.8, 4) is 0 Å². The molecule has 0 spiro atoms. The number of rotatable bonds is 5. The Balaban J connectivity index is 4.60. The molecule has 3 heteroatoms. The second-order valence-electron chi connectivity index (χ2n) is 2.55. The van der Waals surface area contributed by atoms with Gasteiger partial charge in [0, 0.05) is 7.11 Å². The van der Waals surface area contributed by atoms with Gasteiger partial charge in [0.25, 0.3) is 0 Å². The van der Waals surface area contributed by atoms with Crippen molar-refractivity contribution in [3.63, 3.8) is 0 Å². The fourth-order valence-electron chi connectivity index (χ4n) is 0.984. The van der Waals surface area contributed by atoms with Crippen LogP contribution in [-0.4, -0.2) is 20.4 Å². The summed E-state index contributed by atoms with van der Waals surface area (Å²) in [5, 5.41) is 3.05. The molecule has 0 aromatic heterocycles. The maximum atomic E-state index is 5.24. The maximum Gasteiger partial charge on any atom is 0.133 e. The first-order valence-corrected chi connectivity index (χ1v) is 5.37. The standard InChI is InChI=1S/C11H16INO/c1-5-9(11(13-3)14-4)7-8-10(12)6-2/h5,7-8,11,13H,2H2,1,3-4H3/b8-7-,9-5+. The van der Waals surface area contributed by atoms with Crippen molar-refractivity contribution >= 4 is 22.6 Å². The molecule has 0 aliphatic rings. The number of likely N-dealkylation sites (N-methyl/N-ethyl adjacent to an activating group) is 1. The normalized spacial score (nSPS) is 14.1. The molecule has 0 bridgehead atoms. The van der Waals surface area contributed by atoms with Gasteiger partial charge in [-0.15, -0.1) is 5.73 Å². The predicted octanol–water partition coefficient (Wildman–Crippen LogP) is 2.78. The van der Waals surface area contributed by atoms with Crippen molar-refractivity contribution in [3.05, 3.63) is 39.7 Å².